The fourth-order valence-corrected chi connectivity index (χ4v) is 2.46. The molecule has 4 nitrogen and oxygen atoms in total. The summed E-state index contributed by atoms with van der Waals surface area (Å²) in [6, 6.07) is 9.50. The van der Waals surface area contributed by atoms with Gasteiger partial charge in [0, 0.05) is 17.0 Å². The maximum absolute atomic E-state index is 8.89. The van der Waals surface area contributed by atoms with E-state index < -0.39 is 0 Å². The number of hydrogen-bond donors (Lipinski definition) is 1. The van der Waals surface area contributed by atoms with E-state index in [0.717, 1.165) is 17.1 Å². The van der Waals surface area contributed by atoms with Crippen LogP contribution in [0, 0.1) is 11.3 Å². The van der Waals surface area contributed by atoms with Crippen molar-refractivity contribution in [1.82, 2.24) is 9.55 Å². The van der Waals surface area contributed by atoms with Gasteiger partial charge in [0.15, 0.2) is 0 Å². The Morgan fingerprint density at radius 3 is 2.14 bits per heavy atom. The highest BCUT2D eigenvalue weighted by atomic mass is 15.2. The van der Waals surface area contributed by atoms with E-state index in [-0.39, 0.29) is 5.54 Å². The highest BCUT2D eigenvalue weighted by molar-refractivity contribution is 5.72. The Labute approximate surface area is 126 Å². The largest absolute Gasteiger partial charge is 0.383 e. The second-order valence-corrected chi connectivity index (χ2v) is 6.55. The van der Waals surface area contributed by atoms with Crippen LogP contribution in [0.15, 0.2) is 24.3 Å². The molecule has 0 unspecified atom stereocenters. The molecule has 4 heteroatoms. The molecule has 0 fully saturated rings. The molecule has 2 N–H and O–H groups in total. The van der Waals surface area contributed by atoms with Crippen molar-refractivity contribution < 1.29 is 0 Å². The van der Waals surface area contributed by atoms with Crippen LogP contribution in [-0.2, 0) is 5.54 Å². The lowest BCUT2D eigenvalue weighted by molar-refractivity contribution is 0.382. The lowest BCUT2D eigenvalue weighted by Crippen LogP contribution is -2.26. The van der Waals surface area contributed by atoms with E-state index in [1.165, 1.54) is 0 Å². The summed E-state index contributed by atoms with van der Waals surface area (Å²) in [7, 11) is 0. The van der Waals surface area contributed by atoms with Gasteiger partial charge in [-0.2, -0.15) is 5.26 Å². The van der Waals surface area contributed by atoms with Crippen LogP contribution < -0.4 is 5.73 Å². The second kappa shape index (κ2) is 5.25. The van der Waals surface area contributed by atoms with Crippen LogP contribution >= 0.6 is 0 Å². The van der Waals surface area contributed by atoms with E-state index in [1.54, 1.807) is 12.1 Å². The Morgan fingerprint density at radius 2 is 1.76 bits per heavy atom. The molecule has 0 aliphatic heterocycles. The first kappa shape index (κ1) is 15.1. The number of rotatable bonds is 2. The van der Waals surface area contributed by atoms with Crippen molar-refractivity contribution in [1.29, 1.82) is 5.26 Å². The Balaban J connectivity index is 2.62. The van der Waals surface area contributed by atoms with Gasteiger partial charge in [0.05, 0.1) is 11.6 Å². The van der Waals surface area contributed by atoms with Gasteiger partial charge in [-0.15, -0.1) is 0 Å². The van der Waals surface area contributed by atoms with Gasteiger partial charge in [0.2, 0.25) is 0 Å². The number of nitrogens with zero attached hydrogens (tertiary/aromatic N) is 3. The maximum Gasteiger partial charge on any atom is 0.132 e. The third-order valence-corrected chi connectivity index (χ3v) is 3.41. The molecule has 0 atom stereocenters. The van der Waals surface area contributed by atoms with Crippen molar-refractivity contribution in [2.24, 2.45) is 0 Å². The normalized spacial score (nSPS) is 11.7. The summed E-state index contributed by atoms with van der Waals surface area (Å²) in [5, 5.41) is 8.89. The molecule has 2 rings (SSSR count). The van der Waals surface area contributed by atoms with E-state index in [4.69, 9.17) is 16.0 Å². The Morgan fingerprint density at radius 1 is 1.19 bits per heavy atom. The number of nitrogens with two attached hydrogens (primary N) is 1. The Kier molecular flexibility index (Phi) is 3.78. The highest BCUT2D eigenvalue weighted by Gasteiger charge is 2.25. The molecule has 0 spiro atoms. The SMILES string of the molecule is CC(C)c1nc(-c2ccc(C#N)cc2)c(N)n1C(C)(C)C. The lowest BCUT2D eigenvalue weighted by Gasteiger charge is -2.26. The van der Waals surface area contributed by atoms with Crippen LogP contribution in [0.4, 0.5) is 5.82 Å². The van der Waals surface area contributed by atoms with Crippen LogP contribution in [0.3, 0.4) is 0 Å². The quantitative estimate of drug-likeness (QED) is 0.908. The summed E-state index contributed by atoms with van der Waals surface area (Å²) in [4.78, 5) is 4.76. The Bertz CT molecular complexity index is 679. The van der Waals surface area contributed by atoms with Gasteiger partial charge in [-0.25, -0.2) is 4.98 Å². The van der Waals surface area contributed by atoms with Crippen LogP contribution in [-0.4, -0.2) is 9.55 Å². The van der Waals surface area contributed by atoms with Crippen molar-refractivity contribution in [3.05, 3.63) is 35.7 Å². The van der Waals surface area contributed by atoms with Crippen LogP contribution in [0.2, 0.25) is 0 Å². The summed E-state index contributed by atoms with van der Waals surface area (Å²) in [6.45, 7) is 10.6. The molecule has 0 saturated heterocycles. The minimum atomic E-state index is -0.123. The number of imidazole rings is 1. The third kappa shape index (κ3) is 2.78. The van der Waals surface area contributed by atoms with Gasteiger partial charge in [0.1, 0.15) is 17.3 Å². The number of benzene rings is 1. The van der Waals surface area contributed by atoms with Gasteiger partial charge in [-0.05, 0) is 32.9 Å². The zero-order valence-electron chi connectivity index (χ0n) is 13.3. The molecule has 0 aliphatic rings. The number of anilines is 1. The number of aromatic nitrogens is 2. The molecular weight excluding hydrogens is 260 g/mol. The van der Waals surface area contributed by atoms with Crippen molar-refractivity contribution in [2.45, 2.75) is 46.1 Å². The average Bonchev–Trinajstić information content (AvgIpc) is 2.76. The lowest BCUT2D eigenvalue weighted by atomic mass is 10.1. The van der Waals surface area contributed by atoms with Gasteiger partial charge >= 0.3 is 0 Å². The minimum absolute atomic E-state index is 0.123. The molecule has 21 heavy (non-hydrogen) atoms. The zero-order chi connectivity index (χ0) is 15.8. The summed E-state index contributed by atoms with van der Waals surface area (Å²) >= 11 is 0. The summed E-state index contributed by atoms with van der Waals surface area (Å²) in [5.41, 5.74) is 8.61. The molecule has 1 aromatic heterocycles. The fourth-order valence-electron chi connectivity index (χ4n) is 2.46. The summed E-state index contributed by atoms with van der Waals surface area (Å²) in [5.74, 6) is 1.95. The smallest absolute Gasteiger partial charge is 0.132 e. The third-order valence-electron chi connectivity index (χ3n) is 3.41. The number of nitrogen functional groups attached to an aromatic ring is 1. The molecule has 110 valence electrons. The van der Waals surface area contributed by atoms with Gasteiger partial charge in [-0.1, -0.05) is 26.0 Å². The minimum Gasteiger partial charge on any atom is -0.383 e. The van der Waals surface area contributed by atoms with Crippen LogP contribution in [0.5, 0.6) is 0 Å². The maximum atomic E-state index is 8.89. The van der Waals surface area contributed by atoms with Crippen molar-refractivity contribution in [3.63, 3.8) is 0 Å². The topological polar surface area (TPSA) is 67.6 Å². The monoisotopic (exact) mass is 282 g/mol. The first-order chi connectivity index (χ1) is 9.75. The van der Waals surface area contributed by atoms with Crippen LogP contribution in [0.25, 0.3) is 11.3 Å². The molecule has 0 amide bonds. The molecular formula is C17H22N4. The molecule has 0 aliphatic carbocycles. The predicted molar refractivity (Wildman–Crippen MR) is 85.9 cm³/mol. The summed E-state index contributed by atoms with van der Waals surface area (Å²) < 4.78 is 2.10. The van der Waals surface area contributed by atoms with E-state index in [1.807, 2.05) is 12.1 Å². The van der Waals surface area contributed by atoms with E-state index >= 15 is 0 Å². The number of hydrogen-bond acceptors (Lipinski definition) is 3. The molecule has 0 radical (unpaired) electrons. The molecule has 1 heterocycles. The van der Waals surface area contributed by atoms with Gasteiger partial charge in [0.25, 0.3) is 0 Å². The average molecular weight is 282 g/mol. The van der Waals surface area contributed by atoms with Gasteiger partial charge in [-0.3, -0.25) is 0 Å². The van der Waals surface area contributed by atoms with Crippen molar-refractivity contribution in [2.75, 3.05) is 5.73 Å². The Hall–Kier alpha value is -2.28. The van der Waals surface area contributed by atoms with Crippen LogP contribution in [0.1, 0.15) is 51.9 Å². The second-order valence-electron chi connectivity index (χ2n) is 6.55. The van der Waals surface area contributed by atoms with E-state index in [0.29, 0.717) is 17.3 Å². The fraction of sp³-hybridized carbons (Fsp3) is 0.412. The summed E-state index contributed by atoms with van der Waals surface area (Å²) in [6.07, 6.45) is 0. The zero-order valence-corrected chi connectivity index (χ0v) is 13.3. The molecule has 0 saturated carbocycles. The molecule has 1 aromatic carbocycles. The van der Waals surface area contributed by atoms with Crippen molar-refractivity contribution >= 4 is 5.82 Å². The first-order valence-corrected chi connectivity index (χ1v) is 7.15. The first-order valence-electron chi connectivity index (χ1n) is 7.15. The van der Waals surface area contributed by atoms with E-state index in [9.17, 15) is 0 Å². The highest BCUT2D eigenvalue weighted by Crippen LogP contribution is 2.34. The predicted octanol–water partition coefficient (Wildman–Crippen LogP) is 3.88. The van der Waals surface area contributed by atoms with E-state index in [2.05, 4.69) is 45.3 Å². The molecule has 2 aromatic rings. The molecule has 0 bridgehead atoms. The van der Waals surface area contributed by atoms with Gasteiger partial charge < -0.3 is 10.3 Å². The standard InChI is InChI=1S/C17H22N4/c1-11(2)16-20-14(15(19)21(16)17(3,4)5)13-8-6-12(10-18)7-9-13/h6-9,11H,19H2,1-5H3. The van der Waals surface area contributed by atoms with Crippen molar-refractivity contribution in [3.8, 4) is 17.3 Å². The number of nitriles is 1.